The van der Waals surface area contributed by atoms with Gasteiger partial charge >= 0.3 is 39.5 Å². The second-order valence-corrected chi connectivity index (χ2v) is 34.7. The van der Waals surface area contributed by atoms with E-state index in [2.05, 4.69) is 48.5 Å². The maximum atomic E-state index is 13.1. The molecule has 0 radical (unpaired) electrons. The van der Waals surface area contributed by atoms with Crippen LogP contribution in [0.15, 0.2) is 0 Å². The molecule has 0 saturated heterocycles. The predicted molar refractivity (Wildman–Crippen MR) is 428 cm³/mol. The number of hydrogen-bond donors (Lipinski definition) is 3. The van der Waals surface area contributed by atoms with Crippen LogP contribution < -0.4 is 0 Å². The summed E-state index contributed by atoms with van der Waals surface area (Å²) in [5, 5.41) is 10.7. The summed E-state index contributed by atoms with van der Waals surface area (Å²) in [6, 6.07) is 0. The van der Waals surface area contributed by atoms with Crippen molar-refractivity contribution in [2.75, 3.05) is 39.6 Å². The molecule has 0 aliphatic heterocycles. The van der Waals surface area contributed by atoms with Crippen molar-refractivity contribution in [3.8, 4) is 0 Å². The van der Waals surface area contributed by atoms with E-state index < -0.39 is 97.5 Å². The number of carbonyl (C=O) groups is 4. The van der Waals surface area contributed by atoms with E-state index in [1.165, 1.54) is 250 Å². The van der Waals surface area contributed by atoms with E-state index in [0.29, 0.717) is 25.7 Å². The Balaban J connectivity index is 5.23. The molecule has 0 fully saturated rings. The number of carbonyl (C=O) groups excluding carboxylic acids is 4. The smallest absolute Gasteiger partial charge is 0.462 e. The van der Waals surface area contributed by atoms with Gasteiger partial charge in [-0.2, -0.15) is 0 Å². The van der Waals surface area contributed by atoms with Crippen LogP contribution in [0.1, 0.15) is 447 Å². The van der Waals surface area contributed by atoms with Gasteiger partial charge in [0, 0.05) is 25.7 Å². The van der Waals surface area contributed by atoms with Crippen LogP contribution in [0.3, 0.4) is 0 Å². The molecule has 19 heteroatoms. The van der Waals surface area contributed by atoms with Gasteiger partial charge in [0.15, 0.2) is 12.2 Å². The van der Waals surface area contributed by atoms with Gasteiger partial charge in [-0.3, -0.25) is 37.3 Å². The molecular formula is C85H166O17P2. The number of unbranched alkanes of at least 4 members (excludes halogenated alkanes) is 50. The topological polar surface area (TPSA) is 237 Å². The summed E-state index contributed by atoms with van der Waals surface area (Å²) < 4.78 is 68.9. The van der Waals surface area contributed by atoms with E-state index >= 15 is 0 Å². The molecule has 0 aliphatic rings. The quantitative estimate of drug-likeness (QED) is 0.0222. The molecule has 0 bridgehead atoms. The van der Waals surface area contributed by atoms with Gasteiger partial charge in [0.25, 0.3) is 0 Å². The van der Waals surface area contributed by atoms with Crippen molar-refractivity contribution < 1.29 is 80.2 Å². The number of rotatable bonds is 83. The number of esters is 4. The van der Waals surface area contributed by atoms with Gasteiger partial charge in [-0.1, -0.05) is 395 Å². The monoisotopic (exact) mass is 1520 g/mol. The third-order valence-corrected chi connectivity index (χ3v) is 22.1. The zero-order valence-electron chi connectivity index (χ0n) is 68.5. The van der Waals surface area contributed by atoms with Crippen molar-refractivity contribution in [2.45, 2.75) is 465 Å². The number of ether oxygens (including phenoxy) is 4. The Morgan fingerprint density at radius 3 is 0.731 bits per heavy atom. The van der Waals surface area contributed by atoms with Gasteiger partial charge in [-0.15, -0.1) is 0 Å². The van der Waals surface area contributed by atoms with Crippen molar-refractivity contribution in [3.63, 3.8) is 0 Å². The summed E-state index contributed by atoms with van der Waals surface area (Å²) >= 11 is 0. The highest BCUT2D eigenvalue weighted by Crippen LogP contribution is 2.45. The average Bonchev–Trinajstić information content (AvgIpc) is 0.916. The highest BCUT2D eigenvalue weighted by Gasteiger charge is 2.30. The summed E-state index contributed by atoms with van der Waals surface area (Å²) in [7, 11) is -9.93. The van der Waals surface area contributed by atoms with Gasteiger partial charge in [0.05, 0.1) is 26.4 Å². The van der Waals surface area contributed by atoms with Gasteiger partial charge in [-0.25, -0.2) is 9.13 Å². The minimum atomic E-state index is -4.97. The molecule has 0 aliphatic carbocycles. The Bertz CT molecular complexity index is 2010. The Morgan fingerprint density at radius 2 is 0.490 bits per heavy atom. The molecule has 618 valence electrons. The molecule has 0 rings (SSSR count). The largest absolute Gasteiger partial charge is 0.472 e. The fourth-order valence-corrected chi connectivity index (χ4v) is 14.7. The summed E-state index contributed by atoms with van der Waals surface area (Å²) in [5.41, 5.74) is 0. The summed E-state index contributed by atoms with van der Waals surface area (Å²) in [5.74, 6) is 0.209. The summed E-state index contributed by atoms with van der Waals surface area (Å²) in [6.07, 6.45) is 65.3. The molecule has 0 saturated carbocycles. The molecule has 3 unspecified atom stereocenters. The van der Waals surface area contributed by atoms with Crippen LogP contribution >= 0.6 is 15.6 Å². The van der Waals surface area contributed by atoms with E-state index in [1.807, 2.05) is 0 Å². The Kier molecular flexibility index (Phi) is 73.7. The van der Waals surface area contributed by atoms with Crippen LogP contribution in [0.25, 0.3) is 0 Å². The van der Waals surface area contributed by atoms with Gasteiger partial charge in [0.2, 0.25) is 0 Å². The highest BCUT2D eigenvalue weighted by atomic mass is 31.2. The normalized spacial score (nSPS) is 14.2. The van der Waals surface area contributed by atoms with Gasteiger partial charge in [0.1, 0.15) is 19.3 Å². The lowest BCUT2D eigenvalue weighted by atomic mass is 10.00. The van der Waals surface area contributed by atoms with Gasteiger partial charge in [-0.05, 0) is 43.4 Å². The van der Waals surface area contributed by atoms with Crippen molar-refractivity contribution in [1.29, 1.82) is 0 Å². The number of hydrogen-bond acceptors (Lipinski definition) is 15. The van der Waals surface area contributed by atoms with E-state index in [-0.39, 0.29) is 25.7 Å². The molecule has 0 spiro atoms. The van der Waals surface area contributed by atoms with Crippen LogP contribution in [-0.2, 0) is 65.4 Å². The molecule has 6 atom stereocenters. The number of phosphoric acid groups is 2. The second kappa shape index (κ2) is 75.1. The molecule has 17 nitrogen and oxygen atoms in total. The van der Waals surface area contributed by atoms with E-state index in [4.69, 9.17) is 37.0 Å². The fraction of sp³-hybridized carbons (Fsp3) is 0.953. The number of aliphatic hydroxyl groups is 1. The van der Waals surface area contributed by atoms with E-state index in [9.17, 15) is 43.2 Å². The molecule has 104 heavy (non-hydrogen) atoms. The van der Waals surface area contributed by atoms with Crippen molar-refractivity contribution >= 4 is 39.5 Å². The number of phosphoric ester groups is 2. The highest BCUT2D eigenvalue weighted by molar-refractivity contribution is 7.47. The molecule has 0 heterocycles. The molecule has 0 aromatic heterocycles. The number of aliphatic hydroxyl groups excluding tert-OH is 1. The lowest BCUT2D eigenvalue weighted by Crippen LogP contribution is -2.30. The molecule has 3 N–H and O–H groups in total. The third-order valence-electron chi connectivity index (χ3n) is 20.2. The first-order valence-corrected chi connectivity index (χ1v) is 46.9. The maximum absolute atomic E-state index is 13.1. The Labute approximate surface area is 638 Å². The summed E-state index contributed by atoms with van der Waals surface area (Å²) in [4.78, 5) is 73.2. The minimum Gasteiger partial charge on any atom is -0.462 e. The standard InChI is InChI=1S/C85H166O17P2/c1-8-10-11-12-13-14-15-16-17-18-19-20-21-22-23-30-35-40-45-54-61-68-84(89)101-80(72-95-82(87)66-59-52-44-39-34-29-25-24-27-32-37-42-49-56-63-76(3)4)74-99-103(91,92)97-70-79(86)71-98-104(93,94)100-75-81(73-96-83(88)67-60-53-48-47-51-58-65-78(7)9-2)102-85(90)69-62-55-46-41-36-31-26-28-33-38-43-50-57-64-77(5)6/h76-81,86H,8-75H2,1-7H3,(H,91,92)(H,93,94)/t78?,79-,80-,81-/m1/s1. The van der Waals surface area contributed by atoms with E-state index in [1.54, 1.807) is 0 Å². The Morgan fingerprint density at radius 1 is 0.279 bits per heavy atom. The first-order valence-electron chi connectivity index (χ1n) is 43.9. The van der Waals surface area contributed by atoms with E-state index in [0.717, 1.165) is 114 Å². The average molecular weight is 1520 g/mol. The Hall–Kier alpha value is -1.94. The third kappa shape index (κ3) is 76.8. The lowest BCUT2D eigenvalue weighted by Gasteiger charge is -2.21. The van der Waals surface area contributed by atoms with Crippen molar-refractivity contribution in [2.24, 2.45) is 17.8 Å². The zero-order valence-corrected chi connectivity index (χ0v) is 70.3. The lowest BCUT2D eigenvalue weighted by molar-refractivity contribution is -0.161. The van der Waals surface area contributed by atoms with Gasteiger partial charge < -0.3 is 33.8 Å². The maximum Gasteiger partial charge on any atom is 0.472 e. The van der Waals surface area contributed by atoms with Crippen LogP contribution in [0.5, 0.6) is 0 Å². The first kappa shape index (κ1) is 102. The minimum absolute atomic E-state index is 0.106. The van der Waals surface area contributed by atoms with Crippen LogP contribution in [0, 0.1) is 17.8 Å². The first-order chi connectivity index (χ1) is 50.3. The molecular weight excluding hydrogens is 1350 g/mol. The summed E-state index contributed by atoms with van der Waals surface area (Å²) in [6.45, 7) is 12.0. The zero-order chi connectivity index (χ0) is 76.5. The fourth-order valence-electron chi connectivity index (χ4n) is 13.2. The predicted octanol–water partition coefficient (Wildman–Crippen LogP) is 25.7. The van der Waals surface area contributed by atoms with Crippen LogP contribution in [-0.4, -0.2) is 96.7 Å². The molecule has 0 amide bonds. The SMILES string of the molecule is CCCCCCCCCCCCCCCCCCCCCCCC(=O)O[C@H](COC(=O)CCCCCCCCCCCCCCCCC(C)C)COP(=O)(O)OC[C@@H](O)COP(=O)(O)OC[C@@H](COC(=O)CCCCCCCCC(C)CC)OC(=O)CCCCCCCCCCCCCCCC(C)C. The molecule has 0 aromatic rings. The van der Waals surface area contributed by atoms with Crippen molar-refractivity contribution in [1.82, 2.24) is 0 Å². The van der Waals surface area contributed by atoms with Crippen LogP contribution in [0.4, 0.5) is 0 Å². The van der Waals surface area contributed by atoms with Crippen LogP contribution in [0.2, 0.25) is 0 Å². The molecule has 0 aromatic carbocycles. The van der Waals surface area contributed by atoms with Crippen molar-refractivity contribution in [3.05, 3.63) is 0 Å². The second-order valence-electron chi connectivity index (χ2n) is 31.8.